The number of ether oxygens (including phenoxy) is 3. The fourth-order valence-corrected chi connectivity index (χ4v) is 2.57. The van der Waals surface area contributed by atoms with Crippen LogP contribution in [0, 0.1) is 0 Å². The Hall–Kier alpha value is -1.10. The number of methoxy groups -OCH3 is 1. The SMILES string of the molecule is CCC[C@H]1C[C@@H](OCc2ccc(OC)cc2)[C@@H](CO)O1. The summed E-state index contributed by atoms with van der Waals surface area (Å²) in [6, 6.07) is 7.83. The molecule has 0 spiro atoms. The molecule has 0 saturated carbocycles. The Bertz CT molecular complexity index is 390. The number of hydrogen-bond acceptors (Lipinski definition) is 4. The molecule has 4 heteroatoms. The second kappa shape index (κ2) is 7.62. The lowest BCUT2D eigenvalue weighted by Gasteiger charge is -2.17. The van der Waals surface area contributed by atoms with Gasteiger partial charge in [0.1, 0.15) is 11.9 Å². The van der Waals surface area contributed by atoms with Gasteiger partial charge in [-0.05, 0) is 24.1 Å². The highest BCUT2D eigenvalue weighted by Crippen LogP contribution is 2.27. The molecule has 0 radical (unpaired) electrons. The van der Waals surface area contributed by atoms with Crippen LogP contribution >= 0.6 is 0 Å². The van der Waals surface area contributed by atoms with Gasteiger partial charge in [-0.3, -0.25) is 0 Å². The lowest BCUT2D eigenvalue weighted by atomic mass is 10.1. The lowest BCUT2D eigenvalue weighted by molar-refractivity contribution is -0.0528. The van der Waals surface area contributed by atoms with Gasteiger partial charge in [0.2, 0.25) is 0 Å². The van der Waals surface area contributed by atoms with Crippen molar-refractivity contribution in [2.45, 2.75) is 51.1 Å². The van der Waals surface area contributed by atoms with Gasteiger partial charge in [0, 0.05) is 6.42 Å². The van der Waals surface area contributed by atoms with Crippen LogP contribution in [0.15, 0.2) is 24.3 Å². The maximum atomic E-state index is 9.37. The second-order valence-electron chi connectivity index (χ2n) is 5.20. The van der Waals surface area contributed by atoms with Crippen molar-refractivity contribution < 1.29 is 19.3 Å². The standard InChI is InChI=1S/C16H24O4/c1-3-4-14-9-15(16(10-17)20-14)19-11-12-5-7-13(18-2)8-6-12/h5-8,14-17H,3-4,9-11H2,1-2H3/t14-,15+,16+/m0/s1. The molecule has 0 amide bonds. The number of benzene rings is 1. The molecule has 0 unspecified atom stereocenters. The van der Waals surface area contributed by atoms with Crippen LogP contribution in [0.4, 0.5) is 0 Å². The van der Waals surface area contributed by atoms with E-state index in [2.05, 4.69) is 6.92 Å². The minimum Gasteiger partial charge on any atom is -0.497 e. The fourth-order valence-electron chi connectivity index (χ4n) is 2.57. The molecule has 1 heterocycles. The van der Waals surface area contributed by atoms with Crippen molar-refractivity contribution in [1.29, 1.82) is 0 Å². The highest BCUT2D eigenvalue weighted by molar-refractivity contribution is 5.26. The van der Waals surface area contributed by atoms with Crippen LogP contribution in [0.3, 0.4) is 0 Å². The first kappa shape index (κ1) is 15.3. The van der Waals surface area contributed by atoms with Crippen LogP contribution in [0.5, 0.6) is 5.75 Å². The molecule has 1 fully saturated rings. The van der Waals surface area contributed by atoms with Crippen molar-refractivity contribution in [2.75, 3.05) is 13.7 Å². The van der Waals surface area contributed by atoms with E-state index in [0.29, 0.717) is 6.61 Å². The Morgan fingerprint density at radius 1 is 1.30 bits per heavy atom. The predicted octanol–water partition coefficient (Wildman–Crippen LogP) is 2.53. The van der Waals surface area contributed by atoms with E-state index in [9.17, 15) is 5.11 Å². The first-order valence-electron chi connectivity index (χ1n) is 7.27. The van der Waals surface area contributed by atoms with Gasteiger partial charge < -0.3 is 19.3 Å². The molecular formula is C16H24O4. The molecule has 1 aromatic carbocycles. The average Bonchev–Trinajstić information content (AvgIpc) is 2.88. The van der Waals surface area contributed by atoms with Gasteiger partial charge in [0.15, 0.2) is 0 Å². The number of hydrogen-bond donors (Lipinski definition) is 1. The average molecular weight is 280 g/mol. The summed E-state index contributed by atoms with van der Waals surface area (Å²) < 4.78 is 16.8. The molecule has 1 aliphatic rings. The monoisotopic (exact) mass is 280 g/mol. The third-order valence-electron chi connectivity index (χ3n) is 3.69. The van der Waals surface area contributed by atoms with Crippen molar-refractivity contribution in [3.8, 4) is 5.75 Å². The topological polar surface area (TPSA) is 47.9 Å². The molecule has 4 nitrogen and oxygen atoms in total. The molecule has 2 rings (SSSR count). The Kier molecular flexibility index (Phi) is 5.83. The third-order valence-corrected chi connectivity index (χ3v) is 3.69. The van der Waals surface area contributed by atoms with E-state index >= 15 is 0 Å². The summed E-state index contributed by atoms with van der Waals surface area (Å²) >= 11 is 0. The first-order valence-corrected chi connectivity index (χ1v) is 7.27. The van der Waals surface area contributed by atoms with Crippen LogP contribution in [-0.4, -0.2) is 37.1 Å². The first-order chi connectivity index (χ1) is 9.76. The summed E-state index contributed by atoms with van der Waals surface area (Å²) in [5.74, 6) is 0.842. The smallest absolute Gasteiger partial charge is 0.118 e. The van der Waals surface area contributed by atoms with Crippen molar-refractivity contribution in [1.82, 2.24) is 0 Å². The van der Waals surface area contributed by atoms with Gasteiger partial charge in [-0.2, -0.15) is 0 Å². The minimum absolute atomic E-state index is 0.0151. The Labute approximate surface area is 120 Å². The number of aliphatic hydroxyl groups is 1. The van der Waals surface area contributed by atoms with Gasteiger partial charge in [0.05, 0.1) is 32.5 Å². The zero-order chi connectivity index (χ0) is 14.4. The molecule has 1 N–H and O–H groups in total. The van der Waals surface area contributed by atoms with E-state index in [1.807, 2.05) is 24.3 Å². The van der Waals surface area contributed by atoms with E-state index in [4.69, 9.17) is 14.2 Å². The maximum absolute atomic E-state index is 9.37. The fraction of sp³-hybridized carbons (Fsp3) is 0.625. The van der Waals surface area contributed by atoms with Gasteiger partial charge in [-0.15, -0.1) is 0 Å². The maximum Gasteiger partial charge on any atom is 0.118 e. The lowest BCUT2D eigenvalue weighted by Crippen LogP contribution is -2.27. The van der Waals surface area contributed by atoms with Crippen molar-refractivity contribution >= 4 is 0 Å². The van der Waals surface area contributed by atoms with Crippen molar-refractivity contribution in [2.24, 2.45) is 0 Å². The third kappa shape index (κ3) is 3.95. The van der Waals surface area contributed by atoms with E-state index in [1.165, 1.54) is 0 Å². The summed E-state index contributed by atoms with van der Waals surface area (Å²) in [5, 5.41) is 9.37. The molecule has 3 atom stereocenters. The van der Waals surface area contributed by atoms with Crippen LogP contribution in [0.2, 0.25) is 0 Å². The summed E-state index contributed by atoms with van der Waals surface area (Å²) in [6.07, 6.45) is 3.00. The van der Waals surface area contributed by atoms with Crippen LogP contribution < -0.4 is 4.74 Å². The number of rotatable bonds is 7. The number of aliphatic hydroxyl groups excluding tert-OH is 1. The molecular weight excluding hydrogens is 256 g/mol. The molecule has 0 aliphatic carbocycles. The quantitative estimate of drug-likeness (QED) is 0.834. The van der Waals surface area contributed by atoms with Crippen LogP contribution in [0.1, 0.15) is 31.7 Å². The van der Waals surface area contributed by atoms with Gasteiger partial charge in [-0.1, -0.05) is 25.5 Å². The molecule has 1 aromatic rings. The zero-order valence-electron chi connectivity index (χ0n) is 12.2. The van der Waals surface area contributed by atoms with Gasteiger partial charge in [0.25, 0.3) is 0 Å². The summed E-state index contributed by atoms with van der Waals surface area (Å²) in [5.41, 5.74) is 1.10. The zero-order valence-corrected chi connectivity index (χ0v) is 12.2. The highest BCUT2D eigenvalue weighted by atomic mass is 16.6. The molecule has 1 saturated heterocycles. The molecule has 20 heavy (non-hydrogen) atoms. The van der Waals surface area contributed by atoms with Crippen molar-refractivity contribution in [3.05, 3.63) is 29.8 Å². The summed E-state index contributed by atoms with van der Waals surface area (Å²) in [7, 11) is 1.65. The molecule has 0 aromatic heterocycles. The summed E-state index contributed by atoms with van der Waals surface area (Å²) in [6.45, 7) is 2.70. The van der Waals surface area contributed by atoms with Gasteiger partial charge in [-0.25, -0.2) is 0 Å². The minimum atomic E-state index is -0.190. The highest BCUT2D eigenvalue weighted by Gasteiger charge is 2.34. The van der Waals surface area contributed by atoms with Crippen LogP contribution in [0.25, 0.3) is 0 Å². The Morgan fingerprint density at radius 3 is 2.65 bits per heavy atom. The van der Waals surface area contributed by atoms with E-state index < -0.39 is 0 Å². The molecule has 112 valence electrons. The second-order valence-corrected chi connectivity index (χ2v) is 5.20. The molecule has 1 aliphatic heterocycles. The Morgan fingerprint density at radius 2 is 2.05 bits per heavy atom. The van der Waals surface area contributed by atoms with E-state index in [-0.39, 0.29) is 24.9 Å². The van der Waals surface area contributed by atoms with Crippen LogP contribution in [-0.2, 0) is 16.1 Å². The van der Waals surface area contributed by atoms with E-state index in [0.717, 1.165) is 30.6 Å². The summed E-state index contributed by atoms with van der Waals surface area (Å²) in [4.78, 5) is 0. The van der Waals surface area contributed by atoms with E-state index in [1.54, 1.807) is 7.11 Å². The van der Waals surface area contributed by atoms with Gasteiger partial charge >= 0.3 is 0 Å². The normalized spacial score (nSPS) is 25.9. The Balaban J connectivity index is 1.85. The largest absolute Gasteiger partial charge is 0.497 e. The molecule has 0 bridgehead atoms. The predicted molar refractivity (Wildman–Crippen MR) is 76.8 cm³/mol. The van der Waals surface area contributed by atoms with Crippen molar-refractivity contribution in [3.63, 3.8) is 0 Å².